The Kier molecular flexibility index (Phi) is 7.74. The van der Waals surface area contributed by atoms with Gasteiger partial charge in [0.15, 0.2) is 18.1 Å². The first-order chi connectivity index (χ1) is 15.8. The van der Waals surface area contributed by atoms with E-state index in [1.807, 2.05) is 26.0 Å². The molecular weight excluding hydrogens is 442 g/mol. The molecule has 0 saturated carbocycles. The Morgan fingerprint density at radius 3 is 2.42 bits per heavy atom. The topological polar surface area (TPSA) is 99.9 Å². The second-order valence-corrected chi connectivity index (χ2v) is 9.60. The number of hydrogen-bond donors (Lipinski definition) is 0. The Bertz CT molecular complexity index is 1190. The second kappa shape index (κ2) is 10.5. The van der Waals surface area contributed by atoms with Crippen molar-refractivity contribution < 1.29 is 22.7 Å². The average Bonchev–Trinajstić information content (AvgIpc) is 2.83. The standard InChI is InChI=1S/C24H27N3O5S/c1-18-4-7-21(16-19(18)2)33(29,30)27-13-11-26(12-14-27)24(28)9-6-20-5-8-22(32-15-10-25)23(17-20)31-3/h4-9,16-17H,11-15H2,1-3H3. The molecule has 8 nitrogen and oxygen atoms in total. The number of amides is 1. The maximum atomic E-state index is 13.0. The van der Waals surface area contributed by atoms with Crippen molar-refractivity contribution in [3.8, 4) is 17.6 Å². The van der Waals surface area contributed by atoms with Crippen LogP contribution in [0.5, 0.6) is 11.5 Å². The fourth-order valence-corrected chi connectivity index (χ4v) is 4.97. The number of nitriles is 1. The van der Waals surface area contributed by atoms with Gasteiger partial charge in [-0.3, -0.25) is 4.79 Å². The van der Waals surface area contributed by atoms with Gasteiger partial charge in [0.1, 0.15) is 6.07 Å². The van der Waals surface area contributed by atoms with Crippen molar-refractivity contribution >= 4 is 22.0 Å². The molecule has 174 valence electrons. The Morgan fingerprint density at radius 1 is 1.06 bits per heavy atom. The largest absolute Gasteiger partial charge is 0.493 e. The number of ether oxygens (including phenoxy) is 2. The first-order valence-corrected chi connectivity index (χ1v) is 11.9. The van der Waals surface area contributed by atoms with Gasteiger partial charge in [0, 0.05) is 32.3 Å². The van der Waals surface area contributed by atoms with Gasteiger partial charge in [-0.1, -0.05) is 12.1 Å². The molecule has 1 aliphatic rings. The number of benzene rings is 2. The van der Waals surface area contributed by atoms with E-state index < -0.39 is 10.0 Å². The number of sulfonamides is 1. The molecule has 2 aromatic rings. The molecule has 0 spiro atoms. The molecule has 9 heteroatoms. The van der Waals surface area contributed by atoms with E-state index in [0.29, 0.717) is 24.6 Å². The third-order valence-electron chi connectivity index (χ3n) is 5.56. The molecule has 0 unspecified atom stereocenters. The van der Waals surface area contributed by atoms with Gasteiger partial charge in [-0.2, -0.15) is 9.57 Å². The third-order valence-corrected chi connectivity index (χ3v) is 7.46. The van der Waals surface area contributed by atoms with Crippen molar-refractivity contribution in [2.45, 2.75) is 18.7 Å². The molecule has 3 rings (SSSR count). The quantitative estimate of drug-likeness (QED) is 0.578. The Balaban J connectivity index is 1.62. The minimum atomic E-state index is -3.59. The van der Waals surface area contributed by atoms with E-state index >= 15 is 0 Å². The van der Waals surface area contributed by atoms with Crippen molar-refractivity contribution in [1.82, 2.24) is 9.21 Å². The summed E-state index contributed by atoms with van der Waals surface area (Å²) in [6.45, 7) is 4.86. The number of methoxy groups -OCH3 is 1. The van der Waals surface area contributed by atoms with Crippen LogP contribution in [0, 0.1) is 25.2 Å². The van der Waals surface area contributed by atoms with Gasteiger partial charge in [0.25, 0.3) is 0 Å². The van der Waals surface area contributed by atoms with E-state index in [9.17, 15) is 13.2 Å². The molecule has 0 aliphatic carbocycles. The zero-order chi connectivity index (χ0) is 24.0. The van der Waals surface area contributed by atoms with Gasteiger partial charge in [-0.15, -0.1) is 0 Å². The predicted molar refractivity (Wildman–Crippen MR) is 124 cm³/mol. The van der Waals surface area contributed by atoms with Crippen LogP contribution >= 0.6 is 0 Å². The third kappa shape index (κ3) is 5.72. The van der Waals surface area contributed by atoms with E-state index in [-0.39, 0.29) is 30.5 Å². The molecule has 1 amide bonds. The SMILES string of the molecule is COc1cc(C=CC(=O)N2CCN(S(=O)(=O)c3ccc(C)c(C)c3)CC2)ccc1OCC#N. The van der Waals surface area contributed by atoms with Gasteiger partial charge in [0.2, 0.25) is 15.9 Å². The number of aryl methyl sites for hydroxylation is 2. The Hall–Kier alpha value is -3.35. The maximum absolute atomic E-state index is 13.0. The molecule has 1 heterocycles. The van der Waals surface area contributed by atoms with E-state index in [1.165, 1.54) is 17.5 Å². The first kappa shape index (κ1) is 24.3. The van der Waals surface area contributed by atoms with Crippen LogP contribution in [-0.4, -0.2) is 63.4 Å². The summed E-state index contributed by atoms with van der Waals surface area (Å²) in [6.07, 6.45) is 3.12. The van der Waals surface area contributed by atoms with Crippen molar-refractivity contribution in [3.05, 3.63) is 59.2 Å². The maximum Gasteiger partial charge on any atom is 0.246 e. The van der Waals surface area contributed by atoms with Gasteiger partial charge in [0.05, 0.1) is 12.0 Å². The molecule has 0 N–H and O–H groups in total. The highest BCUT2D eigenvalue weighted by Crippen LogP contribution is 2.28. The lowest BCUT2D eigenvalue weighted by atomic mass is 10.1. The normalized spacial score (nSPS) is 14.8. The Labute approximate surface area is 194 Å². The summed E-state index contributed by atoms with van der Waals surface area (Å²) < 4.78 is 37.9. The lowest BCUT2D eigenvalue weighted by Crippen LogP contribution is -2.50. The first-order valence-electron chi connectivity index (χ1n) is 10.5. The van der Waals surface area contributed by atoms with Crippen LogP contribution in [-0.2, 0) is 14.8 Å². The molecular formula is C24H27N3O5S. The highest BCUT2D eigenvalue weighted by molar-refractivity contribution is 7.89. The molecule has 1 aliphatic heterocycles. The van der Waals surface area contributed by atoms with Crippen molar-refractivity contribution in [1.29, 1.82) is 5.26 Å². The van der Waals surface area contributed by atoms with Crippen LogP contribution < -0.4 is 9.47 Å². The molecule has 0 bridgehead atoms. The molecule has 33 heavy (non-hydrogen) atoms. The van der Waals surface area contributed by atoms with Crippen LogP contribution in [0.4, 0.5) is 0 Å². The van der Waals surface area contributed by atoms with Crippen molar-refractivity contribution in [2.24, 2.45) is 0 Å². The fraction of sp³-hybridized carbons (Fsp3) is 0.333. The number of carbonyl (C=O) groups is 1. The average molecular weight is 470 g/mol. The predicted octanol–water partition coefficient (Wildman–Crippen LogP) is 2.76. The van der Waals surface area contributed by atoms with Gasteiger partial charge >= 0.3 is 0 Å². The smallest absolute Gasteiger partial charge is 0.246 e. The minimum Gasteiger partial charge on any atom is -0.493 e. The van der Waals surface area contributed by atoms with E-state index in [2.05, 4.69) is 0 Å². The van der Waals surface area contributed by atoms with E-state index in [0.717, 1.165) is 16.7 Å². The van der Waals surface area contributed by atoms with Gasteiger partial charge in [-0.05, 0) is 60.9 Å². The zero-order valence-electron chi connectivity index (χ0n) is 18.9. The van der Waals surface area contributed by atoms with Gasteiger partial charge in [-0.25, -0.2) is 8.42 Å². The Morgan fingerprint density at radius 2 is 1.79 bits per heavy atom. The monoisotopic (exact) mass is 469 g/mol. The highest BCUT2D eigenvalue weighted by atomic mass is 32.2. The highest BCUT2D eigenvalue weighted by Gasteiger charge is 2.29. The summed E-state index contributed by atoms with van der Waals surface area (Å²) in [5.74, 6) is 0.718. The summed E-state index contributed by atoms with van der Waals surface area (Å²) in [7, 11) is -2.09. The summed E-state index contributed by atoms with van der Waals surface area (Å²) >= 11 is 0. The summed E-state index contributed by atoms with van der Waals surface area (Å²) in [6, 6.07) is 12.2. The van der Waals surface area contributed by atoms with Crippen LogP contribution in [0.1, 0.15) is 16.7 Å². The van der Waals surface area contributed by atoms with Crippen molar-refractivity contribution in [2.75, 3.05) is 39.9 Å². The molecule has 1 saturated heterocycles. The van der Waals surface area contributed by atoms with Crippen LogP contribution in [0.25, 0.3) is 6.08 Å². The number of carbonyl (C=O) groups excluding carboxylic acids is 1. The summed E-state index contributed by atoms with van der Waals surface area (Å²) in [5.41, 5.74) is 2.70. The molecule has 1 fully saturated rings. The number of nitrogens with zero attached hydrogens (tertiary/aromatic N) is 3. The number of hydrogen-bond acceptors (Lipinski definition) is 6. The fourth-order valence-electron chi connectivity index (χ4n) is 3.46. The van der Waals surface area contributed by atoms with Gasteiger partial charge < -0.3 is 14.4 Å². The second-order valence-electron chi connectivity index (χ2n) is 7.67. The van der Waals surface area contributed by atoms with E-state index in [1.54, 1.807) is 41.3 Å². The number of rotatable bonds is 7. The molecule has 0 aromatic heterocycles. The summed E-state index contributed by atoms with van der Waals surface area (Å²) in [5, 5.41) is 8.65. The molecule has 0 radical (unpaired) electrons. The lowest BCUT2D eigenvalue weighted by Gasteiger charge is -2.33. The molecule has 2 aromatic carbocycles. The van der Waals surface area contributed by atoms with Crippen LogP contribution in [0.3, 0.4) is 0 Å². The van der Waals surface area contributed by atoms with Crippen LogP contribution in [0.2, 0.25) is 0 Å². The van der Waals surface area contributed by atoms with E-state index in [4.69, 9.17) is 14.7 Å². The lowest BCUT2D eigenvalue weighted by molar-refractivity contribution is -0.127. The molecule has 0 atom stereocenters. The van der Waals surface area contributed by atoms with Crippen LogP contribution in [0.15, 0.2) is 47.4 Å². The van der Waals surface area contributed by atoms with Crippen molar-refractivity contribution in [3.63, 3.8) is 0 Å². The number of piperazine rings is 1. The zero-order valence-corrected chi connectivity index (χ0v) is 19.8. The summed E-state index contributed by atoms with van der Waals surface area (Å²) in [4.78, 5) is 14.5. The minimum absolute atomic E-state index is 0.0880.